The van der Waals surface area contributed by atoms with Gasteiger partial charge in [-0.3, -0.25) is 0 Å². The maximum atomic E-state index is 5.76. The van der Waals surface area contributed by atoms with Crippen molar-refractivity contribution in [2.45, 2.75) is 302 Å². The molecule has 0 aromatic heterocycles. The van der Waals surface area contributed by atoms with E-state index in [-0.39, 0.29) is 39.6 Å². The molecule has 8 fully saturated rings. The summed E-state index contributed by atoms with van der Waals surface area (Å²) >= 11 is 0. The van der Waals surface area contributed by atoms with E-state index in [4.69, 9.17) is 6.66 Å². The van der Waals surface area contributed by atoms with Crippen LogP contribution < -0.4 is 10.6 Å². The van der Waals surface area contributed by atoms with Gasteiger partial charge in [-0.15, -0.1) is 7.26 Å². The molecule has 0 aliphatic heterocycles. The third-order valence-electron chi connectivity index (χ3n) is 20.7. The van der Waals surface area contributed by atoms with E-state index in [9.17, 15) is 0 Å². The second-order valence-electron chi connectivity index (χ2n) is 25.1. The minimum absolute atomic E-state index is 0.105. The minimum atomic E-state index is -1.32. The lowest BCUT2D eigenvalue weighted by atomic mass is 9.99. The molecule has 68 heavy (non-hydrogen) atoms. The summed E-state index contributed by atoms with van der Waals surface area (Å²) in [6.07, 6.45) is 71.7. The summed E-state index contributed by atoms with van der Waals surface area (Å²) in [5.41, 5.74) is 8.60. The molecule has 0 heterocycles. The monoisotopic (exact) mass is 1040 g/mol. The first kappa shape index (κ1) is 54.6. The fourth-order valence-electron chi connectivity index (χ4n) is 16.7. The molecule has 0 radical (unpaired) electrons. The highest BCUT2D eigenvalue weighted by Gasteiger charge is 2.45. The van der Waals surface area contributed by atoms with Crippen molar-refractivity contribution in [1.82, 2.24) is 0 Å². The smallest absolute Gasteiger partial charge is 0.0557 e. The Labute approximate surface area is 430 Å². The Bertz CT molecular complexity index is 1400. The average molecular weight is 1040 g/mol. The van der Waals surface area contributed by atoms with Gasteiger partial charge in [-0.25, -0.2) is 0 Å². The van der Waals surface area contributed by atoms with Gasteiger partial charge in [0, 0.05) is 11.3 Å². The van der Waals surface area contributed by atoms with Crippen molar-refractivity contribution in [3.05, 3.63) is 30.9 Å². The van der Waals surface area contributed by atoms with Crippen LogP contribution >= 0.6 is 46.9 Å². The third kappa shape index (κ3) is 15.5. The Hall–Kier alpha value is 1.80. The quantitative estimate of drug-likeness (QED) is 0.0850. The normalized spacial score (nSPS) is 25.8. The second-order valence-corrected chi connectivity index (χ2v) is 43.2. The van der Waals surface area contributed by atoms with Crippen molar-refractivity contribution >= 4 is 57.5 Å². The van der Waals surface area contributed by atoms with Crippen molar-refractivity contribution in [1.29, 1.82) is 0 Å². The standard InChI is InChI=1S/C62H108P6/c1-68(61-41-22-8-23-42-61,62-43-24-9-25-44-62)52-64(47-50-67(57-35-18-6-19-36-57)58-37-20-7-21-38-58)60-40-26-39-59(51-60)63(45-48-65(53-27-10-2-11-28-53)54-29-12-3-13-30-54)46-49-66(55-31-14-4-15-32-55)56-33-16-5-17-34-56/h26,39-40,51,53-58,61-62H,1-25,27-38,41-50,52H2. The molecule has 9 rings (SSSR count). The Morgan fingerprint density at radius 1 is 0.324 bits per heavy atom. The van der Waals surface area contributed by atoms with Crippen LogP contribution in [0.3, 0.4) is 0 Å². The molecule has 0 N–H and O–H groups in total. The molecule has 1 aromatic carbocycles. The summed E-state index contributed by atoms with van der Waals surface area (Å²) in [6.45, 7) is 5.76. The molecule has 0 spiro atoms. The molecule has 8 saturated carbocycles. The lowest BCUT2D eigenvalue weighted by Gasteiger charge is -2.49. The summed E-state index contributed by atoms with van der Waals surface area (Å²) in [5.74, 6) is 1.58. The van der Waals surface area contributed by atoms with Gasteiger partial charge in [0.25, 0.3) is 0 Å². The van der Waals surface area contributed by atoms with Gasteiger partial charge >= 0.3 is 0 Å². The molecular formula is C62H108P6. The van der Waals surface area contributed by atoms with E-state index in [0.717, 1.165) is 45.3 Å². The number of benzene rings is 1. The molecule has 386 valence electrons. The SMILES string of the molecule is [CH2-][P+](CP(CCP(C1CCCCC1)C1CCCCC1)c1cccc(P(CCP(C2CCCCC2)C2CCCCC2)CCP(C2CCCCC2)C2CCCCC2)c1)(C1CCCCC1)C1CCCCC1. The van der Waals surface area contributed by atoms with Crippen LogP contribution in [0.5, 0.6) is 0 Å². The van der Waals surface area contributed by atoms with E-state index in [1.807, 2.05) is 10.6 Å². The summed E-state index contributed by atoms with van der Waals surface area (Å²) in [5, 5.41) is 3.83. The third-order valence-corrected chi connectivity index (χ3v) is 44.5. The first-order chi connectivity index (χ1) is 33.6. The first-order valence-electron chi connectivity index (χ1n) is 31.2. The van der Waals surface area contributed by atoms with E-state index < -0.39 is 7.26 Å². The van der Waals surface area contributed by atoms with Crippen LogP contribution in [0.2, 0.25) is 0 Å². The zero-order valence-electron chi connectivity index (χ0n) is 44.6. The molecule has 1 unspecified atom stereocenters. The Morgan fingerprint density at radius 3 is 0.868 bits per heavy atom. The fourth-order valence-corrected chi connectivity index (χ4v) is 43.9. The summed E-state index contributed by atoms with van der Waals surface area (Å²) in [4.78, 5) is 0. The average Bonchev–Trinajstić information content (AvgIpc) is 3.42. The molecule has 1 atom stereocenters. The molecule has 0 amide bonds. The Morgan fingerprint density at radius 2 is 0.574 bits per heavy atom. The maximum absolute atomic E-state index is 5.76. The van der Waals surface area contributed by atoms with Crippen molar-refractivity contribution in [2.24, 2.45) is 0 Å². The zero-order chi connectivity index (χ0) is 46.2. The highest BCUT2D eigenvalue weighted by molar-refractivity contribution is 7.89. The molecular weight excluding hydrogens is 931 g/mol. The van der Waals surface area contributed by atoms with Gasteiger partial charge in [0.2, 0.25) is 0 Å². The van der Waals surface area contributed by atoms with Crippen molar-refractivity contribution in [3.8, 4) is 0 Å². The van der Waals surface area contributed by atoms with Gasteiger partial charge in [0.1, 0.15) is 0 Å². The number of rotatable bonds is 21. The van der Waals surface area contributed by atoms with Crippen LogP contribution in [-0.2, 0) is 0 Å². The van der Waals surface area contributed by atoms with Gasteiger partial charge in [-0.2, -0.15) is 6.66 Å². The summed E-state index contributed by atoms with van der Waals surface area (Å²) in [7, 11) is -1.10. The molecule has 8 aliphatic rings. The van der Waals surface area contributed by atoms with Gasteiger partial charge in [-0.1, -0.05) is 178 Å². The van der Waals surface area contributed by atoms with Gasteiger partial charge < -0.3 is 0 Å². The van der Waals surface area contributed by atoms with Crippen molar-refractivity contribution in [2.75, 3.05) is 42.9 Å². The molecule has 6 heteroatoms. The highest BCUT2D eigenvalue weighted by atomic mass is 31.2. The number of hydrogen-bond acceptors (Lipinski definition) is 0. The van der Waals surface area contributed by atoms with E-state index in [1.165, 1.54) is 103 Å². The lowest BCUT2D eigenvalue weighted by molar-refractivity contribution is 0.481. The predicted octanol–water partition coefficient (Wildman–Crippen LogP) is 20.8. The van der Waals surface area contributed by atoms with Gasteiger partial charge in [-0.05, 0) is 224 Å². The Balaban J connectivity index is 1.04. The molecule has 1 aromatic rings. The Kier molecular flexibility index (Phi) is 23.6. The highest BCUT2D eigenvalue weighted by Crippen LogP contribution is 2.76. The largest absolute Gasteiger partial charge is 0.179 e. The topological polar surface area (TPSA) is 0 Å². The minimum Gasteiger partial charge on any atom is -0.179 e. The molecule has 8 aliphatic carbocycles. The maximum Gasteiger partial charge on any atom is 0.0557 e. The van der Waals surface area contributed by atoms with E-state index >= 15 is 0 Å². The zero-order valence-corrected chi connectivity index (χ0v) is 49.9. The van der Waals surface area contributed by atoms with Crippen LogP contribution in [0, 0.1) is 6.66 Å². The predicted molar refractivity (Wildman–Crippen MR) is 322 cm³/mol. The van der Waals surface area contributed by atoms with E-state index in [2.05, 4.69) is 24.3 Å². The van der Waals surface area contributed by atoms with Crippen LogP contribution in [0.25, 0.3) is 0 Å². The molecule has 0 bridgehead atoms. The molecule has 0 nitrogen and oxygen atoms in total. The van der Waals surface area contributed by atoms with Crippen LogP contribution in [0.15, 0.2) is 24.3 Å². The lowest BCUT2D eigenvalue weighted by Crippen LogP contribution is -2.30. The molecule has 0 saturated heterocycles. The number of hydrogen-bond donors (Lipinski definition) is 0. The van der Waals surface area contributed by atoms with Crippen LogP contribution in [0.4, 0.5) is 0 Å². The summed E-state index contributed by atoms with van der Waals surface area (Å²) in [6, 6.07) is 11.3. The van der Waals surface area contributed by atoms with Crippen molar-refractivity contribution in [3.63, 3.8) is 0 Å². The fraction of sp³-hybridized carbons (Fsp3) is 0.887. The van der Waals surface area contributed by atoms with Crippen LogP contribution in [0.1, 0.15) is 257 Å². The second kappa shape index (κ2) is 29.4. The van der Waals surface area contributed by atoms with Crippen LogP contribution in [-0.4, -0.2) is 88.1 Å². The van der Waals surface area contributed by atoms with Crippen molar-refractivity contribution < 1.29 is 0 Å². The summed E-state index contributed by atoms with van der Waals surface area (Å²) < 4.78 is 0. The van der Waals surface area contributed by atoms with E-state index in [0.29, 0.717) is 0 Å². The first-order valence-corrected chi connectivity index (χ1v) is 41.9. The van der Waals surface area contributed by atoms with E-state index in [1.54, 1.807) is 197 Å². The van der Waals surface area contributed by atoms with Gasteiger partial charge in [0.05, 0.1) is 5.90 Å². The van der Waals surface area contributed by atoms with Gasteiger partial charge in [0.15, 0.2) is 0 Å².